The predicted molar refractivity (Wildman–Crippen MR) is 121 cm³/mol. The summed E-state index contributed by atoms with van der Waals surface area (Å²) < 4.78 is 0. The Kier molecular flexibility index (Phi) is 7.44. The molecule has 2 aromatic carbocycles. The lowest BCUT2D eigenvalue weighted by Gasteiger charge is -2.19. The van der Waals surface area contributed by atoms with Gasteiger partial charge in [-0.05, 0) is 54.5 Å². The molecule has 2 atom stereocenters. The van der Waals surface area contributed by atoms with E-state index < -0.39 is 0 Å². The Morgan fingerprint density at radius 3 is 2.03 bits per heavy atom. The molecule has 0 heterocycles. The summed E-state index contributed by atoms with van der Waals surface area (Å²) in [6.07, 6.45) is 2.39. The van der Waals surface area contributed by atoms with Crippen LogP contribution < -0.4 is 16.4 Å². The number of nitrogens with two attached hydrogens (primary N) is 1. The number of para-hydroxylation sites is 2. The van der Waals surface area contributed by atoms with Crippen LogP contribution in [0.2, 0.25) is 0 Å². The van der Waals surface area contributed by atoms with E-state index in [1.54, 1.807) is 12.1 Å². The highest BCUT2D eigenvalue weighted by molar-refractivity contribution is 6.07. The topological polar surface area (TPSA) is 84.2 Å². The molecule has 0 bridgehead atoms. The molecule has 5 nitrogen and oxygen atoms in total. The molecular formula is C23H30ClN3O2. The van der Waals surface area contributed by atoms with Crippen LogP contribution in [0.1, 0.15) is 56.0 Å². The van der Waals surface area contributed by atoms with Crippen LogP contribution in [-0.4, -0.2) is 17.9 Å². The number of amides is 2. The van der Waals surface area contributed by atoms with Crippen molar-refractivity contribution in [1.82, 2.24) is 0 Å². The van der Waals surface area contributed by atoms with E-state index in [-0.39, 0.29) is 41.6 Å². The third-order valence-electron chi connectivity index (χ3n) is 5.29. The number of benzene rings is 2. The van der Waals surface area contributed by atoms with Crippen LogP contribution in [-0.2, 0) is 10.2 Å². The molecule has 1 aliphatic carbocycles. The number of rotatable bonds is 4. The number of nitrogens with one attached hydrogen (secondary N) is 2. The van der Waals surface area contributed by atoms with Crippen LogP contribution >= 0.6 is 12.4 Å². The molecule has 0 aromatic heterocycles. The Labute approximate surface area is 178 Å². The van der Waals surface area contributed by atoms with Crippen molar-refractivity contribution in [3.05, 3.63) is 59.7 Å². The van der Waals surface area contributed by atoms with E-state index in [1.165, 1.54) is 5.56 Å². The average Bonchev–Trinajstić information content (AvgIpc) is 3.09. The number of carbonyl (C=O) groups is 2. The van der Waals surface area contributed by atoms with Crippen molar-refractivity contribution in [3.8, 4) is 0 Å². The Morgan fingerprint density at radius 1 is 0.931 bits per heavy atom. The summed E-state index contributed by atoms with van der Waals surface area (Å²) in [7, 11) is 0. The predicted octanol–water partition coefficient (Wildman–Crippen LogP) is 4.72. The molecule has 4 N–H and O–H groups in total. The van der Waals surface area contributed by atoms with Gasteiger partial charge in [0.2, 0.25) is 5.91 Å². The summed E-state index contributed by atoms with van der Waals surface area (Å²) in [6, 6.07) is 15.0. The molecule has 6 heteroatoms. The lowest BCUT2D eigenvalue weighted by atomic mass is 9.87. The highest BCUT2D eigenvalue weighted by Crippen LogP contribution is 2.28. The number of hydrogen-bond donors (Lipinski definition) is 3. The minimum Gasteiger partial charge on any atom is -0.328 e. The van der Waals surface area contributed by atoms with Crippen LogP contribution in [0.4, 0.5) is 11.4 Å². The van der Waals surface area contributed by atoms with Crippen LogP contribution in [0.15, 0.2) is 48.5 Å². The smallest absolute Gasteiger partial charge is 0.255 e. The van der Waals surface area contributed by atoms with E-state index in [1.807, 2.05) is 36.4 Å². The standard InChI is InChI=1S/C23H29N3O2.ClH/c1-23(2,3)17-11-8-15(9-12-17)21(27)25-19-6-4-5-7-20(19)26-22(28)16-10-13-18(24)14-16;/h4-9,11-12,16,18H,10,13-14,24H2,1-3H3,(H,25,27)(H,26,28);1H. The monoisotopic (exact) mass is 415 g/mol. The highest BCUT2D eigenvalue weighted by atomic mass is 35.5. The second-order valence-corrected chi connectivity index (χ2v) is 8.59. The second-order valence-electron chi connectivity index (χ2n) is 8.59. The number of halogens is 1. The third-order valence-corrected chi connectivity index (χ3v) is 5.29. The third kappa shape index (κ3) is 5.81. The highest BCUT2D eigenvalue weighted by Gasteiger charge is 2.28. The zero-order valence-corrected chi connectivity index (χ0v) is 18.0. The summed E-state index contributed by atoms with van der Waals surface area (Å²) in [4.78, 5) is 25.2. The van der Waals surface area contributed by atoms with Gasteiger partial charge in [-0.3, -0.25) is 9.59 Å². The normalized spacial score (nSPS) is 18.6. The maximum atomic E-state index is 12.7. The molecule has 0 saturated heterocycles. The van der Waals surface area contributed by atoms with Crippen LogP contribution in [0.3, 0.4) is 0 Å². The first kappa shape index (κ1) is 22.9. The zero-order valence-electron chi connectivity index (χ0n) is 17.2. The van der Waals surface area contributed by atoms with Crippen LogP contribution in [0.25, 0.3) is 0 Å². The van der Waals surface area contributed by atoms with E-state index in [2.05, 4.69) is 31.4 Å². The minimum atomic E-state index is -0.204. The van der Waals surface area contributed by atoms with Gasteiger partial charge < -0.3 is 16.4 Å². The van der Waals surface area contributed by atoms with Crippen molar-refractivity contribution < 1.29 is 9.59 Å². The maximum Gasteiger partial charge on any atom is 0.255 e. The first-order chi connectivity index (χ1) is 13.2. The van der Waals surface area contributed by atoms with Gasteiger partial charge in [-0.1, -0.05) is 45.0 Å². The zero-order chi connectivity index (χ0) is 20.3. The molecule has 0 spiro atoms. The van der Waals surface area contributed by atoms with Gasteiger partial charge in [0.25, 0.3) is 5.91 Å². The molecule has 0 aliphatic heterocycles. The molecule has 3 rings (SSSR count). The largest absolute Gasteiger partial charge is 0.328 e. The van der Waals surface area contributed by atoms with E-state index in [4.69, 9.17) is 5.73 Å². The fraction of sp³-hybridized carbons (Fsp3) is 0.391. The van der Waals surface area contributed by atoms with Gasteiger partial charge in [0.1, 0.15) is 0 Å². The Hall–Kier alpha value is -2.37. The summed E-state index contributed by atoms with van der Waals surface area (Å²) in [5.41, 5.74) is 8.90. The summed E-state index contributed by atoms with van der Waals surface area (Å²) in [5, 5.41) is 5.86. The molecule has 156 valence electrons. The van der Waals surface area contributed by atoms with Gasteiger partial charge in [-0.25, -0.2) is 0 Å². The molecule has 1 saturated carbocycles. The van der Waals surface area contributed by atoms with E-state index in [9.17, 15) is 9.59 Å². The second kappa shape index (κ2) is 9.42. The first-order valence-corrected chi connectivity index (χ1v) is 9.81. The van der Waals surface area contributed by atoms with Gasteiger partial charge in [-0.15, -0.1) is 12.4 Å². The number of hydrogen-bond acceptors (Lipinski definition) is 3. The molecule has 2 aromatic rings. The van der Waals surface area contributed by atoms with E-state index >= 15 is 0 Å². The molecule has 29 heavy (non-hydrogen) atoms. The van der Waals surface area contributed by atoms with Gasteiger partial charge in [-0.2, -0.15) is 0 Å². The molecule has 1 fully saturated rings. The van der Waals surface area contributed by atoms with Gasteiger partial charge in [0, 0.05) is 17.5 Å². The van der Waals surface area contributed by atoms with Crippen molar-refractivity contribution in [3.63, 3.8) is 0 Å². The van der Waals surface area contributed by atoms with Crippen molar-refractivity contribution in [1.29, 1.82) is 0 Å². The lowest BCUT2D eigenvalue weighted by Crippen LogP contribution is -2.24. The minimum absolute atomic E-state index is 0. The number of anilines is 2. The summed E-state index contributed by atoms with van der Waals surface area (Å²) >= 11 is 0. The van der Waals surface area contributed by atoms with Crippen LogP contribution in [0.5, 0.6) is 0 Å². The van der Waals surface area contributed by atoms with Crippen molar-refractivity contribution in [2.75, 3.05) is 10.6 Å². The van der Waals surface area contributed by atoms with Crippen LogP contribution in [0, 0.1) is 5.92 Å². The molecule has 2 unspecified atom stereocenters. The fourth-order valence-corrected chi connectivity index (χ4v) is 3.51. The molecular weight excluding hydrogens is 386 g/mol. The van der Waals surface area contributed by atoms with Crippen molar-refractivity contribution in [2.24, 2.45) is 11.7 Å². The Bertz CT molecular complexity index is 859. The first-order valence-electron chi connectivity index (χ1n) is 9.81. The quantitative estimate of drug-likeness (QED) is 0.675. The van der Waals surface area contributed by atoms with Gasteiger partial charge in [0.15, 0.2) is 0 Å². The van der Waals surface area contributed by atoms with E-state index in [0.717, 1.165) is 12.8 Å². The van der Waals surface area contributed by atoms with Crippen molar-refractivity contribution >= 4 is 35.6 Å². The molecule has 2 amide bonds. The SMILES string of the molecule is CC(C)(C)c1ccc(C(=O)Nc2ccccc2NC(=O)C2CCC(N)C2)cc1.Cl. The van der Waals surface area contributed by atoms with E-state index in [0.29, 0.717) is 23.4 Å². The lowest BCUT2D eigenvalue weighted by molar-refractivity contribution is -0.119. The molecule has 1 aliphatic rings. The van der Waals surface area contributed by atoms with Gasteiger partial charge >= 0.3 is 0 Å². The Balaban J connectivity index is 0.00000300. The van der Waals surface area contributed by atoms with Crippen molar-refractivity contribution in [2.45, 2.75) is 51.5 Å². The Morgan fingerprint density at radius 2 is 1.52 bits per heavy atom. The summed E-state index contributed by atoms with van der Waals surface area (Å²) in [6.45, 7) is 6.41. The molecule has 0 radical (unpaired) electrons. The maximum absolute atomic E-state index is 12.7. The average molecular weight is 416 g/mol. The summed E-state index contributed by atoms with van der Waals surface area (Å²) in [5.74, 6) is -0.307. The van der Waals surface area contributed by atoms with Gasteiger partial charge in [0.05, 0.1) is 11.4 Å². The fourth-order valence-electron chi connectivity index (χ4n) is 3.51. The number of carbonyl (C=O) groups excluding carboxylic acids is 2.